The van der Waals surface area contributed by atoms with Crippen molar-refractivity contribution in [2.45, 2.75) is 13.0 Å². The number of nitrogens with zero attached hydrogens (tertiary/aromatic N) is 1. The minimum atomic E-state index is -0.190. The number of benzene rings is 2. The van der Waals surface area contributed by atoms with Crippen molar-refractivity contribution in [1.82, 2.24) is 4.57 Å². The van der Waals surface area contributed by atoms with Crippen molar-refractivity contribution in [1.29, 1.82) is 0 Å². The van der Waals surface area contributed by atoms with Crippen LogP contribution in [-0.4, -0.2) is 11.1 Å². The van der Waals surface area contributed by atoms with Gasteiger partial charge in [0.25, 0.3) is 0 Å². The fraction of sp³-hybridized carbons (Fsp3) is 0.176. The van der Waals surface area contributed by atoms with E-state index in [-0.39, 0.29) is 5.82 Å². The summed E-state index contributed by atoms with van der Waals surface area (Å²) in [6.07, 6.45) is 2.86. The van der Waals surface area contributed by atoms with Crippen LogP contribution in [0.15, 0.2) is 53.1 Å². The molecule has 21 heavy (non-hydrogen) atoms. The quantitative estimate of drug-likeness (QED) is 0.757. The molecule has 1 heterocycles. The van der Waals surface area contributed by atoms with Gasteiger partial charge in [0.1, 0.15) is 5.82 Å². The smallest absolute Gasteiger partial charge is 0.129 e. The van der Waals surface area contributed by atoms with E-state index in [9.17, 15) is 4.39 Å². The van der Waals surface area contributed by atoms with Crippen molar-refractivity contribution in [2.24, 2.45) is 5.73 Å². The molecule has 0 aliphatic carbocycles. The molecule has 0 aliphatic rings. The fourth-order valence-corrected chi connectivity index (χ4v) is 2.97. The molecule has 0 atom stereocenters. The van der Waals surface area contributed by atoms with Crippen LogP contribution >= 0.6 is 15.9 Å². The van der Waals surface area contributed by atoms with Gasteiger partial charge in [0.15, 0.2) is 0 Å². The van der Waals surface area contributed by atoms with Crippen molar-refractivity contribution < 1.29 is 4.39 Å². The maximum Gasteiger partial charge on any atom is 0.129 e. The van der Waals surface area contributed by atoms with Gasteiger partial charge in [-0.15, -0.1) is 0 Å². The van der Waals surface area contributed by atoms with Crippen LogP contribution in [0.3, 0.4) is 0 Å². The molecule has 0 fully saturated rings. The largest absolute Gasteiger partial charge is 0.343 e. The molecule has 0 saturated carbocycles. The Balaban J connectivity index is 1.99. The van der Waals surface area contributed by atoms with Crippen molar-refractivity contribution in [3.8, 4) is 0 Å². The Labute approximate surface area is 131 Å². The molecule has 108 valence electrons. The standard InChI is InChI=1S/C17H16BrFN2/c18-14-5-4-13(16(19)10-14)11-21-9-7-15-12(6-8-20)2-1-3-17(15)21/h1-5,7,9-10H,6,8,11,20H2. The molecule has 0 saturated heterocycles. The first-order valence-electron chi connectivity index (χ1n) is 6.90. The van der Waals surface area contributed by atoms with Gasteiger partial charge in [0.05, 0.1) is 6.54 Å². The first kappa shape index (κ1) is 14.3. The SMILES string of the molecule is NCCc1cccc2c1ccn2Cc1ccc(Br)cc1F. The zero-order chi connectivity index (χ0) is 14.8. The van der Waals surface area contributed by atoms with Crippen LogP contribution in [0.25, 0.3) is 10.9 Å². The number of halogens is 2. The van der Waals surface area contributed by atoms with Crippen LogP contribution in [0.2, 0.25) is 0 Å². The monoisotopic (exact) mass is 346 g/mol. The number of nitrogens with two attached hydrogens (primary N) is 1. The maximum absolute atomic E-state index is 14.0. The minimum Gasteiger partial charge on any atom is -0.343 e. The Morgan fingerprint density at radius 3 is 2.71 bits per heavy atom. The molecule has 0 spiro atoms. The summed E-state index contributed by atoms with van der Waals surface area (Å²) in [6.45, 7) is 1.15. The maximum atomic E-state index is 14.0. The first-order chi connectivity index (χ1) is 10.2. The molecule has 3 rings (SSSR count). The molecule has 2 N–H and O–H groups in total. The van der Waals surface area contributed by atoms with Gasteiger partial charge in [-0.1, -0.05) is 34.1 Å². The van der Waals surface area contributed by atoms with Gasteiger partial charge >= 0.3 is 0 Å². The Morgan fingerprint density at radius 1 is 1.10 bits per heavy atom. The second-order valence-corrected chi connectivity index (χ2v) is 5.98. The third kappa shape index (κ3) is 2.87. The van der Waals surface area contributed by atoms with E-state index in [4.69, 9.17) is 5.73 Å². The zero-order valence-corrected chi connectivity index (χ0v) is 13.1. The van der Waals surface area contributed by atoms with Gasteiger partial charge in [-0.05, 0) is 42.8 Å². The second-order valence-electron chi connectivity index (χ2n) is 5.07. The summed E-state index contributed by atoms with van der Waals surface area (Å²) in [5.74, 6) is -0.190. The lowest BCUT2D eigenvalue weighted by atomic mass is 10.1. The van der Waals surface area contributed by atoms with Crippen molar-refractivity contribution in [2.75, 3.05) is 6.54 Å². The normalized spacial score (nSPS) is 11.2. The van der Waals surface area contributed by atoms with Gasteiger partial charge in [0.2, 0.25) is 0 Å². The van der Waals surface area contributed by atoms with Gasteiger partial charge in [-0.25, -0.2) is 4.39 Å². The molecule has 0 unspecified atom stereocenters. The molecule has 0 bridgehead atoms. The average Bonchev–Trinajstić information content (AvgIpc) is 2.87. The molecule has 4 heteroatoms. The van der Waals surface area contributed by atoms with Crippen LogP contribution in [0, 0.1) is 5.82 Å². The minimum absolute atomic E-state index is 0.190. The van der Waals surface area contributed by atoms with Crippen molar-refractivity contribution >= 4 is 26.8 Å². The van der Waals surface area contributed by atoms with Crippen molar-refractivity contribution in [3.63, 3.8) is 0 Å². The van der Waals surface area contributed by atoms with Gasteiger partial charge < -0.3 is 10.3 Å². The summed E-state index contributed by atoms with van der Waals surface area (Å²) < 4.78 is 16.8. The molecule has 3 aromatic rings. The lowest BCUT2D eigenvalue weighted by Gasteiger charge is -2.08. The number of hydrogen-bond acceptors (Lipinski definition) is 1. The molecule has 0 radical (unpaired) electrons. The van der Waals surface area contributed by atoms with E-state index in [1.807, 2.05) is 24.4 Å². The summed E-state index contributed by atoms with van der Waals surface area (Å²) in [7, 11) is 0. The third-order valence-electron chi connectivity index (χ3n) is 3.67. The number of aromatic nitrogens is 1. The van der Waals surface area contributed by atoms with E-state index in [0.717, 1.165) is 16.4 Å². The highest BCUT2D eigenvalue weighted by molar-refractivity contribution is 9.10. The third-order valence-corrected chi connectivity index (χ3v) is 4.17. The number of hydrogen-bond donors (Lipinski definition) is 1. The lowest BCUT2D eigenvalue weighted by Crippen LogP contribution is -2.03. The highest BCUT2D eigenvalue weighted by atomic mass is 79.9. The summed E-state index contributed by atoms with van der Waals surface area (Å²) >= 11 is 3.28. The van der Waals surface area contributed by atoms with Crippen LogP contribution in [-0.2, 0) is 13.0 Å². The van der Waals surface area contributed by atoms with Crippen LogP contribution in [0.1, 0.15) is 11.1 Å². The van der Waals surface area contributed by atoms with Gasteiger partial charge in [-0.3, -0.25) is 0 Å². The molecule has 2 nitrogen and oxygen atoms in total. The van der Waals surface area contributed by atoms with E-state index in [1.54, 1.807) is 0 Å². The Hall–Kier alpha value is -1.65. The highest BCUT2D eigenvalue weighted by Crippen LogP contribution is 2.23. The summed E-state index contributed by atoms with van der Waals surface area (Å²) in [5.41, 5.74) is 8.69. The Bertz CT molecular complexity index is 780. The van der Waals surface area contributed by atoms with Gasteiger partial charge in [-0.2, -0.15) is 0 Å². The lowest BCUT2D eigenvalue weighted by molar-refractivity contribution is 0.601. The predicted molar refractivity (Wildman–Crippen MR) is 87.9 cm³/mol. The van der Waals surface area contributed by atoms with E-state index < -0.39 is 0 Å². The highest BCUT2D eigenvalue weighted by Gasteiger charge is 2.08. The summed E-state index contributed by atoms with van der Waals surface area (Å²) in [4.78, 5) is 0. The summed E-state index contributed by atoms with van der Waals surface area (Å²) in [5, 5.41) is 1.19. The molecule has 0 aliphatic heterocycles. The molecule has 0 amide bonds. The predicted octanol–water partition coefficient (Wildman–Crippen LogP) is 4.09. The number of rotatable bonds is 4. The van der Waals surface area contributed by atoms with E-state index >= 15 is 0 Å². The van der Waals surface area contributed by atoms with E-state index in [2.05, 4.69) is 38.7 Å². The van der Waals surface area contributed by atoms with Crippen LogP contribution < -0.4 is 5.73 Å². The second kappa shape index (κ2) is 6.00. The van der Waals surface area contributed by atoms with E-state index in [0.29, 0.717) is 18.7 Å². The molecular weight excluding hydrogens is 331 g/mol. The van der Waals surface area contributed by atoms with Gasteiger partial charge in [0, 0.05) is 27.1 Å². The molecular formula is C17H16BrFN2. The first-order valence-corrected chi connectivity index (χ1v) is 7.69. The van der Waals surface area contributed by atoms with Crippen LogP contribution in [0.5, 0.6) is 0 Å². The zero-order valence-electron chi connectivity index (χ0n) is 11.5. The fourth-order valence-electron chi connectivity index (χ4n) is 2.63. The summed E-state index contributed by atoms with van der Waals surface area (Å²) in [6, 6.07) is 13.4. The average molecular weight is 347 g/mol. The Kier molecular flexibility index (Phi) is 4.08. The topological polar surface area (TPSA) is 30.9 Å². The molecule has 2 aromatic carbocycles. The molecule has 1 aromatic heterocycles. The van der Waals surface area contributed by atoms with E-state index in [1.165, 1.54) is 17.0 Å². The number of fused-ring (bicyclic) bond motifs is 1. The van der Waals surface area contributed by atoms with Crippen molar-refractivity contribution in [3.05, 3.63) is 70.1 Å². The van der Waals surface area contributed by atoms with Crippen LogP contribution in [0.4, 0.5) is 4.39 Å². The Morgan fingerprint density at radius 2 is 1.95 bits per heavy atom.